The van der Waals surface area contributed by atoms with Crippen molar-refractivity contribution in [2.75, 3.05) is 5.75 Å². The highest BCUT2D eigenvalue weighted by Crippen LogP contribution is 2.31. The summed E-state index contributed by atoms with van der Waals surface area (Å²) in [4.78, 5) is 15.0. The number of nitro groups is 1. The van der Waals surface area contributed by atoms with Gasteiger partial charge in [0.25, 0.3) is 5.69 Å². The first-order valence-corrected chi connectivity index (χ1v) is 8.41. The minimum atomic E-state index is -0.435. The van der Waals surface area contributed by atoms with Crippen molar-refractivity contribution in [1.82, 2.24) is 9.55 Å². The molecule has 126 valence electrons. The highest BCUT2D eigenvalue weighted by atomic mass is 32.2. The van der Waals surface area contributed by atoms with Gasteiger partial charge in [-0.25, -0.2) is 9.37 Å². The summed E-state index contributed by atoms with van der Waals surface area (Å²) in [6, 6.07) is 12.4. The second-order valence-corrected chi connectivity index (χ2v) is 6.13. The lowest BCUT2D eigenvalue weighted by atomic mass is 10.1. The number of nitro benzene ring substituents is 1. The molecule has 0 radical (unpaired) electrons. The van der Waals surface area contributed by atoms with E-state index < -0.39 is 4.92 Å². The Hall–Kier alpha value is -2.93. The van der Waals surface area contributed by atoms with E-state index in [0.29, 0.717) is 22.2 Å². The first kappa shape index (κ1) is 16.9. The number of imidazole rings is 1. The summed E-state index contributed by atoms with van der Waals surface area (Å²) in [5, 5.41) is 11.8. The van der Waals surface area contributed by atoms with Gasteiger partial charge in [0.05, 0.1) is 16.8 Å². The topological polar surface area (TPSA) is 61.0 Å². The zero-order valence-corrected chi connectivity index (χ0v) is 13.9. The monoisotopic (exact) mass is 355 g/mol. The smallest absolute Gasteiger partial charge is 0.270 e. The minimum Gasteiger partial charge on any atom is -0.287 e. The van der Waals surface area contributed by atoms with Crippen LogP contribution >= 0.6 is 11.8 Å². The lowest BCUT2D eigenvalue weighted by Gasteiger charge is -2.11. The van der Waals surface area contributed by atoms with Gasteiger partial charge in [0, 0.05) is 29.1 Å². The Kier molecular flexibility index (Phi) is 4.95. The van der Waals surface area contributed by atoms with Crippen LogP contribution < -0.4 is 0 Å². The van der Waals surface area contributed by atoms with Crippen LogP contribution in [0.4, 0.5) is 10.1 Å². The van der Waals surface area contributed by atoms with E-state index in [0.717, 1.165) is 5.69 Å². The summed E-state index contributed by atoms with van der Waals surface area (Å²) in [7, 11) is 0. The van der Waals surface area contributed by atoms with Gasteiger partial charge in [-0.2, -0.15) is 0 Å². The Balaban J connectivity index is 2.15. The highest BCUT2D eigenvalue weighted by molar-refractivity contribution is 7.99. The number of halogens is 1. The van der Waals surface area contributed by atoms with Gasteiger partial charge in [-0.05, 0) is 24.3 Å². The number of aromatic nitrogens is 2. The van der Waals surface area contributed by atoms with Crippen molar-refractivity contribution in [2.24, 2.45) is 0 Å². The Morgan fingerprint density at radius 3 is 2.72 bits per heavy atom. The van der Waals surface area contributed by atoms with Crippen molar-refractivity contribution < 1.29 is 9.31 Å². The number of non-ortho nitro benzene ring substituents is 1. The average Bonchev–Trinajstić information content (AvgIpc) is 3.04. The van der Waals surface area contributed by atoms with E-state index in [9.17, 15) is 14.5 Å². The molecule has 0 aliphatic carbocycles. The molecule has 0 spiro atoms. The molecule has 0 fully saturated rings. The molecular formula is C18H14FN3O2S. The van der Waals surface area contributed by atoms with Crippen LogP contribution in [0.1, 0.15) is 0 Å². The largest absolute Gasteiger partial charge is 0.287 e. The second kappa shape index (κ2) is 7.31. The Morgan fingerprint density at radius 1 is 1.28 bits per heavy atom. The van der Waals surface area contributed by atoms with Crippen LogP contribution in [0.5, 0.6) is 0 Å². The fraction of sp³-hybridized carbons (Fsp3) is 0.0556. The summed E-state index contributed by atoms with van der Waals surface area (Å²) in [6.07, 6.45) is 3.43. The summed E-state index contributed by atoms with van der Waals surface area (Å²) < 4.78 is 15.1. The van der Waals surface area contributed by atoms with Crippen LogP contribution in [-0.4, -0.2) is 20.2 Å². The molecule has 0 unspecified atom stereocenters. The summed E-state index contributed by atoms with van der Waals surface area (Å²) in [5.41, 5.74) is 2.09. The predicted octanol–water partition coefficient (Wildman–Crippen LogP) is 4.86. The maximum atomic E-state index is 13.3. The second-order valence-electron chi connectivity index (χ2n) is 5.14. The van der Waals surface area contributed by atoms with E-state index in [2.05, 4.69) is 11.6 Å². The molecule has 0 bridgehead atoms. The van der Waals surface area contributed by atoms with Gasteiger partial charge in [-0.3, -0.25) is 14.7 Å². The van der Waals surface area contributed by atoms with Crippen molar-refractivity contribution in [1.29, 1.82) is 0 Å². The average molecular weight is 355 g/mol. The van der Waals surface area contributed by atoms with Crippen molar-refractivity contribution >= 4 is 17.4 Å². The summed E-state index contributed by atoms with van der Waals surface area (Å²) in [5.74, 6) is 0.327. The van der Waals surface area contributed by atoms with Gasteiger partial charge in [-0.1, -0.05) is 30.0 Å². The molecular weight excluding hydrogens is 341 g/mol. The minimum absolute atomic E-state index is 0.00431. The number of benzene rings is 2. The SMILES string of the molecule is C=CCSc1ncc(-c2cccc([N+](=O)[O-])c2)n1-c1ccc(F)cc1. The summed E-state index contributed by atoms with van der Waals surface area (Å²) >= 11 is 1.48. The molecule has 2 aromatic carbocycles. The van der Waals surface area contributed by atoms with Crippen LogP contribution in [0.25, 0.3) is 16.9 Å². The Morgan fingerprint density at radius 2 is 2.04 bits per heavy atom. The zero-order valence-electron chi connectivity index (χ0n) is 13.1. The molecule has 0 saturated carbocycles. The van der Waals surface area contributed by atoms with Crippen LogP contribution in [0.15, 0.2) is 72.5 Å². The van der Waals surface area contributed by atoms with Gasteiger partial charge in [0.15, 0.2) is 5.16 Å². The Labute approximate surface area is 148 Å². The van der Waals surface area contributed by atoms with Crippen molar-refractivity contribution in [2.45, 2.75) is 5.16 Å². The molecule has 1 aromatic heterocycles. The van der Waals surface area contributed by atoms with E-state index >= 15 is 0 Å². The van der Waals surface area contributed by atoms with Gasteiger partial charge in [0.1, 0.15) is 5.82 Å². The van der Waals surface area contributed by atoms with Gasteiger partial charge < -0.3 is 0 Å². The first-order chi connectivity index (χ1) is 12.1. The molecule has 0 amide bonds. The van der Waals surface area contributed by atoms with Crippen LogP contribution in [-0.2, 0) is 0 Å². The number of hydrogen-bond acceptors (Lipinski definition) is 4. The van der Waals surface area contributed by atoms with E-state index in [1.807, 2.05) is 4.57 Å². The normalized spacial score (nSPS) is 10.6. The molecule has 0 aliphatic rings. The predicted molar refractivity (Wildman–Crippen MR) is 96.5 cm³/mol. The van der Waals surface area contributed by atoms with E-state index in [1.54, 1.807) is 36.5 Å². The van der Waals surface area contributed by atoms with E-state index in [4.69, 9.17) is 0 Å². The third-order valence-electron chi connectivity index (χ3n) is 3.50. The molecule has 25 heavy (non-hydrogen) atoms. The molecule has 5 nitrogen and oxygen atoms in total. The Bertz CT molecular complexity index is 922. The molecule has 0 atom stereocenters. The lowest BCUT2D eigenvalue weighted by Crippen LogP contribution is -2.00. The van der Waals surface area contributed by atoms with Gasteiger partial charge >= 0.3 is 0 Å². The maximum absolute atomic E-state index is 13.3. The molecule has 1 heterocycles. The molecule has 0 aliphatic heterocycles. The molecule has 0 N–H and O–H groups in total. The molecule has 0 saturated heterocycles. The third-order valence-corrected chi connectivity index (χ3v) is 4.45. The maximum Gasteiger partial charge on any atom is 0.270 e. The lowest BCUT2D eigenvalue weighted by molar-refractivity contribution is -0.384. The van der Waals surface area contributed by atoms with Crippen LogP contribution in [0, 0.1) is 15.9 Å². The quantitative estimate of drug-likeness (QED) is 0.274. The first-order valence-electron chi connectivity index (χ1n) is 7.42. The number of nitrogens with zero attached hydrogens (tertiary/aromatic N) is 3. The van der Waals surface area contributed by atoms with Crippen molar-refractivity contribution in [3.63, 3.8) is 0 Å². The van der Waals surface area contributed by atoms with Crippen molar-refractivity contribution in [3.8, 4) is 16.9 Å². The standard InChI is InChI=1S/C18H14FN3O2S/c1-2-10-25-18-20-12-17(13-4-3-5-16(11-13)22(23)24)21(18)15-8-6-14(19)7-9-15/h2-9,11-12H,1,10H2. The number of rotatable bonds is 6. The molecule has 7 heteroatoms. The highest BCUT2D eigenvalue weighted by Gasteiger charge is 2.16. The van der Waals surface area contributed by atoms with Crippen LogP contribution in [0.2, 0.25) is 0 Å². The summed E-state index contributed by atoms with van der Waals surface area (Å²) in [6.45, 7) is 3.70. The van der Waals surface area contributed by atoms with E-state index in [1.165, 1.54) is 36.0 Å². The van der Waals surface area contributed by atoms with E-state index in [-0.39, 0.29) is 11.5 Å². The van der Waals surface area contributed by atoms with Gasteiger partial charge in [0.2, 0.25) is 0 Å². The fourth-order valence-corrected chi connectivity index (χ4v) is 3.12. The van der Waals surface area contributed by atoms with Crippen molar-refractivity contribution in [3.05, 3.63) is 83.3 Å². The molecule has 3 rings (SSSR count). The molecule has 3 aromatic rings. The van der Waals surface area contributed by atoms with Gasteiger partial charge in [-0.15, -0.1) is 6.58 Å². The zero-order chi connectivity index (χ0) is 17.8. The number of thioether (sulfide) groups is 1. The third kappa shape index (κ3) is 3.61. The van der Waals surface area contributed by atoms with Crippen LogP contribution in [0.3, 0.4) is 0 Å². The fourth-order valence-electron chi connectivity index (χ4n) is 2.39. The number of hydrogen-bond donors (Lipinski definition) is 0.